The van der Waals surface area contributed by atoms with E-state index < -0.39 is 39.0 Å². The van der Waals surface area contributed by atoms with Crippen molar-refractivity contribution in [2.45, 2.75) is 6.42 Å². The van der Waals surface area contributed by atoms with Gasteiger partial charge in [0.05, 0.1) is 27.5 Å². The van der Waals surface area contributed by atoms with Crippen molar-refractivity contribution in [3.8, 4) is 0 Å². The Hall–Kier alpha value is -3.04. The lowest BCUT2D eigenvalue weighted by Gasteiger charge is -2.15. The highest BCUT2D eigenvalue weighted by Crippen LogP contribution is 2.32. The van der Waals surface area contributed by atoms with Crippen molar-refractivity contribution in [2.75, 3.05) is 11.4 Å². The monoisotopic (exact) mass is 295 g/mol. The number of hydrogen-bond acceptors (Lipinski definition) is 6. The van der Waals surface area contributed by atoms with Gasteiger partial charge in [0.15, 0.2) is 0 Å². The normalized spacial score (nSPS) is 17.8. The molecule has 1 aromatic carbocycles. The summed E-state index contributed by atoms with van der Waals surface area (Å²) in [5.41, 5.74) is -1.12. The van der Waals surface area contributed by atoms with Crippen LogP contribution in [0.4, 0.5) is 17.1 Å². The Bertz CT molecular complexity index is 625. The van der Waals surface area contributed by atoms with Gasteiger partial charge >= 0.3 is 5.97 Å². The fourth-order valence-corrected chi connectivity index (χ4v) is 2.07. The van der Waals surface area contributed by atoms with E-state index in [-0.39, 0.29) is 18.7 Å². The number of amides is 1. The number of carbonyl (C=O) groups is 2. The third-order valence-corrected chi connectivity index (χ3v) is 3.09. The molecule has 2 rings (SSSR count). The molecule has 1 aliphatic rings. The smallest absolute Gasteiger partial charge is 0.308 e. The number of rotatable bonds is 4. The lowest BCUT2D eigenvalue weighted by molar-refractivity contribution is -0.394. The number of non-ortho nitro benzene ring substituents is 2. The second-order valence-corrected chi connectivity index (χ2v) is 4.47. The number of anilines is 1. The standard InChI is InChI=1S/C11H9N3O7/c15-10-1-6(11(16)17)5-12(10)7-2-8(13(18)19)4-9(3-7)14(20)21/h2-4,6H,1,5H2,(H,16,17). The van der Waals surface area contributed by atoms with Crippen LogP contribution in [0.3, 0.4) is 0 Å². The number of aliphatic carboxylic acids is 1. The zero-order valence-corrected chi connectivity index (χ0v) is 10.5. The van der Waals surface area contributed by atoms with Crippen LogP contribution >= 0.6 is 0 Å². The van der Waals surface area contributed by atoms with Crippen LogP contribution in [0, 0.1) is 26.1 Å². The van der Waals surface area contributed by atoms with Gasteiger partial charge in [0.2, 0.25) is 5.91 Å². The number of benzene rings is 1. The van der Waals surface area contributed by atoms with Crippen molar-refractivity contribution in [2.24, 2.45) is 5.92 Å². The third-order valence-electron chi connectivity index (χ3n) is 3.09. The van der Waals surface area contributed by atoms with Crippen molar-refractivity contribution >= 4 is 28.9 Å². The molecular formula is C11H9N3O7. The zero-order chi connectivity index (χ0) is 15.7. The summed E-state index contributed by atoms with van der Waals surface area (Å²) in [7, 11) is 0. The van der Waals surface area contributed by atoms with E-state index in [0.29, 0.717) is 0 Å². The van der Waals surface area contributed by atoms with Crippen LogP contribution in [0.5, 0.6) is 0 Å². The molecule has 1 unspecified atom stereocenters. The Labute approximate surface area is 116 Å². The van der Waals surface area contributed by atoms with E-state index in [1.54, 1.807) is 0 Å². The topological polar surface area (TPSA) is 144 Å². The molecule has 10 nitrogen and oxygen atoms in total. The third kappa shape index (κ3) is 2.78. The summed E-state index contributed by atoms with van der Waals surface area (Å²) in [4.78, 5) is 43.6. The van der Waals surface area contributed by atoms with E-state index in [0.717, 1.165) is 23.1 Å². The second kappa shape index (κ2) is 5.15. The Morgan fingerprint density at radius 1 is 1.19 bits per heavy atom. The van der Waals surface area contributed by atoms with Crippen molar-refractivity contribution in [1.29, 1.82) is 0 Å². The number of nitro groups is 2. The molecular weight excluding hydrogens is 286 g/mol. The van der Waals surface area contributed by atoms with Gasteiger partial charge in [0.1, 0.15) is 0 Å². The molecule has 0 spiro atoms. The van der Waals surface area contributed by atoms with Gasteiger partial charge in [-0.3, -0.25) is 29.8 Å². The van der Waals surface area contributed by atoms with Gasteiger partial charge in [-0.2, -0.15) is 0 Å². The van der Waals surface area contributed by atoms with Crippen molar-refractivity contribution in [1.82, 2.24) is 0 Å². The first kappa shape index (κ1) is 14.4. The van der Waals surface area contributed by atoms with Crippen LogP contribution in [0.15, 0.2) is 18.2 Å². The van der Waals surface area contributed by atoms with Crippen LogP contribution in [0.25, 0.3) is 0 Å². The van der Waals surface area contributed by atoms with Gasteiger partial charge in [-0.25, -0.2) is 0 Å². The highest BCUT2D eigenvalue weighted by molar-refractivity contribution is 5.99. The van der Waals surface area contributed by atoms with Crippen molar-refractivity contribution in [3.63, 3.8) is 0 Å². The minimum Gasteiger partial charge on any atom is -0.481 e. The van der Waals surface area contributed by atoms with Gasteiger partial charge in [-0.05, 0) is 0 Å². The average molecular weight is 295 g/mol. The molecule has 21 heavy (non-hydrogen) atoms. The van der Waals surface area contributed by atoms with Gasteiger partial charge in [0.25, 0.3) is 11.4 Å². The molecule has 0 bridgehead atoms. The predicted octanol–water partition coefficient (Wildman–Crippen LogP) is 0.940. The highest BCUT2D eigenvalue weighted by Gasteiger charge is 2.36. The quantitative estimate of drug-likeness (QED) is 0.642. The van der Waals surface area contributed by atoms with E-state index >= 15 is 0 Å². The summed E-state index contributed by atoms with van der Waals surface area (Å²) in [6, 6.07) is 2.79. The van der Waals surface area contributed by atoms with Crippen LogP contribution in [0.1, 0.15) is 6.42 Å². The molecule has 10 heteroatoms. The molecule has 1 heterocycles. The number of carboxylic acids is 1. The fraction of sp³-hybridized carbons (Fsp3) is 0.273. The van der Waals surface area contributed by atoms with Crippen LogP contribution in [-0.4, -0.2) is 33.4 Å². The van der Waals surface area contributed by atoms with Crippen LogP contribution < -0.4 is 4.90 Å². The molecule has 1 aromatic rings. The maximum absolute atomic E-state index is 11.8. The number of hydrogen-bond donors (Lipinski definition) is 1. The molecule has 1 amide bonds. The van der Waals surface area contributed by atoms with Crippen molar-refractivity contribution in [3.05, 3.63) is 38.4 Å². The summed E-state index contributed by atoms with van der Waals surface area (Å²) >= 11 is 0. The molecule has 110 valence electrons. The Morgan fingerprint density at radius 2 is 1.71 bits per heavy atom. The average Bonchev–Trinajstić information content (AvgIpc) is 2.80. The molecule has 1 aliphatic heterocycles. The predicted molar refractivity (Wildman–Crippen MR) is 67.8 cm³/mol. The Balaban J connectivity index is 2.44. The van der Waals surface area contributed by atoms with Gasteiger partial charge in [-0.15, -0.1) is 0 Å². The summed E-state index contributed by atoms with van der Waals surface area (Å²) in [5.74, 6) is -2.64. The van der Waals surface area contributed by atoms with E-state index in [1.165, 1.54) is 0 Å². The first-order chi connectivity index (χ1) is 9.79. The number of carbonyl (C=O) groups excluding carboxylic acids is 1. The highest BCUT2D eigenvalue weighted by atomic mass is 16.6. The Kier molecular flexibility index (Phi) is 3.52. The van der Waals surface area contributed by atoms with E-state index in [9.17, 15) is 29.8 Å². The van der Waals surface area contributed by atoms with Crippen LogP contribution in [0.2, 0.25) is 0 Å². The van der Waals surface area contributed by atoms with Crippen LogP contribution in [-0.2, 0) is 9.59 Å². The minimum atomic E-state index is -1.16. The SMILES string of the molecule is O=C(O)C1CC(=O)N(c2cc([N+](=O)[O-])cc([N+](=O)[O-])c2)C1. The number of nitrogens with zero attached hydrogens (tertiary/aromatic N) is 3. The van der Waals surface area contributed by atoms with Gasteiger partial charge in [0, 0.05) is 25.1 Å². The molecule has 1 fully saturated rings. The van der Waals surface area contributed by atoms with E-state index in [4.69, 9.17) is 5.11 Å². The molecule has 1 atom stereocenters. The summed E-state index contributed by atoms with van der Waals surface area (Å²) in [5, 5.41) is 30.5. The first-order valence-electron chi connectivity index (χ1n) is 5.76. The summed E-state index contributed by atoms with van der Waals surface area (Å²) in [6.07, 6.45) is -0.244. The summed E-state index contributed by atoms with van der Waals surface area (Å²) in [6.45, 7) is -0.174. The lowest BCUT2D eigenvalue weighted by atomic mass is 10.1. The first-order valence-corrected chi connectivity index (χ1v) is 5.76. The van der Waals surface area contributed by atoms with Gasteiger partial charge < -0.3 is 10.0 Å². The largest absolute Gasteiger partial charge is 0.481 e. The minimum absolute atomic E-state index is 0.0512. The zero-order valence-electron chi connectivity index (χ0n) is 10.5. The lowest BCUT2D eigenvalue weighted by Crippen LogP contribution is -2.25. The fourth-order valence-electron chi connectivity index (χ4n) is 2.07. The summed E-state index contributed by atoms with van der Waals surface area (Å²) < 4.78 is 0. The van der Waals surface area contributed by atoms with Crippen molar-refractivity contribution < 1.29 is 24.5 Å². The van der Waals surface area contributed by atoms with E-state index in [1.807, 2.05) is 0 Å². The molecule has 0 aliphatic carbocycles. The number of nitro benzene ring substituents is 2. The molecule has 0 radical (unpaired) electrons. The second-order valence-electron chi connectivity index (χ2n) is 4.47. The molecule has 1 N–H and O–H groups in total. The van der Waals surface area contributed by atoms with E-state index in [2.05, 4.69) is 0 Å². The Morgan fingerprint density at radius 3 is 2.10 bits per heavy atom. The molecule has 0 aromatic heterocycles. The molecule has 0 saturated carbocycles. The van der Waals surface area contributed by atoms with Gasteiger partial charge in [-0.1, -0.05) is 0 Å². The maximum Gasteiger partial charge on any atom is 0.308 e. The number of carboxylic acid groups (broad SMARTS) is 1. The maximum atomic E-state index is 11.8. The molecule has 1 saturated heterocycles.